The summed E-state index contributed by atoms with van der Waals surface area (Å²) in [6, 6.07) is 14.7. The Morgan fingerprint density at radius 3 is 2.73 bits per heavy atom. The second kappa shape index (κ2) is 4.63. The maximum absolute atomic E-state index is 12.2. The van der Waals surface area contributed by atoms with Gasteiger partial charge in [-0.15, -0.1) is 0 Å². The van der Waals surface area contributed by atoms with Crippen LogP contribution in [0.1, 0.15) is 0 Å². The van der Waals surface area contributed by atoms with E-state index in [4.69, 9.17) is 0 Å². The van der Waals surface area contributed by atoms with Gasteiger partial charge in [-0.05, 0) is 18.2 Å². The molecule has 0 bridgehead atoms. The Morgan fingerprint density at radius 1 is 1.09 bits per heavy atom. The van der Waals surface area contributed by atoms with E-state index in [-0.39, 0.29) is 5.88 Å². The normalized spacial score (nSPS) is 11.1. The van der Waals surface area contributed by atoms with E-state index in [1.807, 2.05) is 42.5 Å². The van der Waals surface area contributed by atoms with Gasteiger partial charge in [-0.2, -0.15) is 0 Å². The van der Waals surface area contributed by atoms with E-state index in [9.17, 15) is 9.90 Å². The second-order valence-corrected chi connectivity index (χ2v) is 4.93. The predicted octanol–water partition coefficient (Wildman–Crippen LogP) is 2.41. The number of aromatic hydroxyl groups is 1. The highest BCUT2D eigenvalue weighted by Gasteiger charge is 2.17. The van der Waals surface area contributed by atoms with Gasteiger partial charge in [0, 0.05) is 5.56 Å². The molecule has 6 heteroatoms. The smallest absolute Gasteiger partial charge is 0.333 e. The lowest BCUT2D eigenvalue weighted by molar-refractivity contribution is 0.457. The summed E-state index contributed by atoms with van der Waals surface area (Å²) >= 11 is 0. The van der Waals surface area contributed by atoms with Crippen LogP contribution in [0.3, 0.4) is 0 Å². The minimum atomic E-state index is -0.393. The van der Waals surface area contributed by atoms with Crippen LogP contribution in [0.4, 0.5) is 0 Å². The summed E-state index contributed by atoms with van der Waals surface area (Å²) in [7, 11) is 0. The van der Waals surface area contributed by atoms with Crippen molar-refractivity contribution in [2.75, 3.05) is 0 Å². The van der Waals surface area contributed by atoms with Gasteiger partial charge in [0.15, 0.2) is 0 Å². The SMILES string of the molecule is O=c1[nH]c(O)c(-c2ccccc2)n1-c1ccc2nc[nH]c2c1. The van der Waals surface area contributed by atoms with Crippen molar-refractivity contribution in [2.24, 2.45) is 0 Å². The van der Waals surface area contributed by atoms with Crippen molar-refractivity contribution in [3.8, 4) is 22.8 Å². The van der Waals surface area contributed by atoms with Crippen molar-refractivity contribution in [1.29, 1.82) is 0 Å². The molecule has 108 valence electrons. The van der Waals surface area contributed by atoms with E-state index < -0.39 is 5.69 Å². The quantitative estimate of drug-likeness (QED) is 0.530. The number of nitrogens with one attached hydrogen (secondary N) is 2. The molecule has 0 radical (unpaired) electrons. The molecule has 2 heterocycles. The predicted molar refractivity (Wildman–Crippen MR) is 83.1 cm³/mol. The number of hydrogen-bond acceptors (Lipinski definition) is 3. The highest BCUT2D eigenvalue weighted by molar-refractivity contribution is 5.78. The zero-order chi connectivity index (χ0) is 15.1. The summed E-state index contributed by atoms with van der Waals surface area (Å²) in [4.78, 5) is 21.9. The average Bonchev–Trinajstić information content (AvgIpc) is 3.11. The molecule has 3 N–H and O–H groups in total. The Hall–Kier alpha value is -3.28. The third kappa shape index (κ3) is 1.81. The molecule has 6 nitrogen and oxygen atoms in total. The number of rotatable bonds is 2. The molecule has 0 aliphatic rings. The summed E-state index contributed by atoms with van der Waals surface area (Å²) in [5, 5.41) is 10.1. The van der Waals surface area contributed by atoms with Crippen LogP contribution in [0.2, 0.25) is 0 Å². The molecule has 0 unspecified atom stereocenters. The third-order valence-corrected chi connectivity index (χ3v) is 3.59. The summed E-state index contributed by atoms with van der Waals surface area (Å²) < 4.78 is 1.45. The molecule has 0 amide bonds. The average molecular weight is 292 g/mol. The summed E-state index contributed by atoms with van der Waals surface area (Å²) in [6.45, 7) is 0. The van der Waals surface area contributed by atoms with Gasteiger partial charge in [-0.1, -0.05) is 30.3 Å². The fourth-order valence-electron chi connectivity index (χ4n) is 2.59. The minimum Gasteiger partial charge on any atom is -0.493 e. The molecule has 0 saturated carbocycles. The van der Waals surface area contributed by atoms with Crippen molar-refractivity contribution < 1.29 is 5.11 Å². The number of imidazole rings is 2. The molecule has 22 heavy (non-hydrogen) atoms. The first-order valence-electron chi connectivity index (χ1n) is 6.77. The van der Waals surface area contributed by atoms with Crippen molar-refractivity contribution >= 4 is 11.0 Å². The van der Waals surface area contributed by atoms with Crippen LogP contribution in [-0.4, -0.2) is 24.6 Å². The molecule has 0 atom stereocenters. The Morgan fingerprint density at radius 2 is 1.91 bits per heavy atom. The Balaban J connectivity index is 2.00. The molecule has 2 aromatic heterocycles. The topological polar surface area (TPSA) is 86.7 Å². The molecular weight excluding hydrogens is 280 g/mol. The first-order chi connectivity index (χ1) is 10.7. The maximum atomic E-state index is 12.2. The van der Waals surface area contributed by atoms with Crippen LogP contribution in [-0.2, 0) is 0 Å². The molecule has 4 aromatic rings. The molecule has 0 fully saturated rings. The van der Waals surface area contributed by atoms with Gasteiger partial charge in [0.1, 0.15) is 5.69 Å². The fraction of sp³-hybridized carbons (Fsp3) is 0. The largest absolute Gasteiger partial charge is 0.493 e. The first kappa shape index (κ1) is 12.5. The maximum Gasteiger partial charge on any atom is 0.333 e. The van der Waals surface area contributed by atoms with E-state index in [1.54, 1.807) is 12.4 Å². The van der Waals surface area contributed by atoms with Crippen LogP contribution in [0.15, 0.2) is 59.7 Å². The van der Waals surface area contributed by atoms with Crippen LogP contribution in [0.5, 0.6) is 5.88 Å². The molecule has 0 aliphatic carbocycles. The van der Waals surface area contributed by atoms with E-state index in [0.717, 1.165) is 16.6 Å². The van der Waals surface area contributed by atoms with Crippen molar-refractivity contribution in [1.82, 2.24) is 19.5 Å². The zero-order valence-corrected chi connectivity index (χ0v) is 11.4. The van der Waals surface area contributed by atoms with Gasteiger partial charge in [0.05, 0.1) is 23.0 Å². The number of fused-ring (bicyclic) bond motifs is 1. The monoisotopic (exact) mass is 292 g/mol. The molecular formula is C16H12N4O2. The molecule has 0 saturated heterocycles. The van der Waals surface area contributed by atoms with Gasteiger partial charge in [-0.25, -0.2) is 9.78 Å². The summed E-state index contributed by atoms with van der Waals surface area (Å²) in [6.07, 6.45) is 1.60. The number of nitrogens with zero attached hydrogens (tertiary/aromatic N) is 2. The molecule has 4 rings (SSSR count). The zero-order valence-electron chi connectivity index (χ0n) is 11.4. The standard InChI is InChI=1S/C16H12N4O2/c21-15-14(10-4-2-1-3-5-10)20(16(22)19-15)11-6-7-12-13(8-11)18-9-17-12/h1-9,21H,(H,17,18)(H,19,22). The van der Waals surface area contributed by atoms with Crippen molar-refractivity contribution in [2.45, 2.75) is 0 Å². The number of aromatic nitrogens is 4. The number of benzene rings is 2. The number of H-pyrrole nitrogens is 2. The molecule has 0 aliphatic heterocycles. The van der Waals surface area contributed by atoms with E-state index in [2.05, 4.69) is 15.0 Å². The van der Waals surface area contributed by atoms with Crippen LogP contribution < -0.4 is 5.69 Å². The van der Waals surface area contributed by atoms with Crippen molar-refractivity contribution in [3.63, 3.8) is 0 Å². The highest BCUT2D eigenvalue weighted by Crippen LogP contribution is 2.29. The lowest BCUT2D eigenvalue weighted by Crippen LogP contribution is -2.15. The van der Waals surface area contributed by atoms with Gasteiger partial charge in [0.2, 0.25) is 5.88 Å². The van der Waals surface area contributed by atoms with Gasteiger partial charge < -0.3 is 10.1 Å². The van der Waals surface area contributed by atoms with Crippen LogP contribution >= 0.6 is 0 Å². The van der Waals surface area contributed by atoms with Gasteiger partial charge in [0.25, 0.3) is 0 Å². The minimum absolute atomic E-state index is 0.152. The van der Waals surface area contributed by atoms with E-state index in [1.165, 1.54) is 4.57 Å². The molecule has 2 aromatic carbocycles. The Bertz CT molecular complexity index is 1010. The van der Waals surface area contributed by atoms with Gasteiger partial charge in [-0.3, -0.25) is 9.55 Å². The summed E-state index contributed by atoms with van der Waals surface area (Å²) in [5.74, 6) is -0.152. The number of hydrogen-bond donors (Lipinski definition) is 3. The summed E-state index contributed by atoms with van der Waals surface area (Å²) in [5.41, 5.74) is 3.09. The highest BCUT2D eigenvalue weighted by atomic mass is 16.3. The van der Waals surface area contributed by atoms with Crippen molar-refractivity contribution in [3.05, 3.63) is 65.3 Å². The lowest BCUT2D eigenvalue weighted by Gasteiger charge is -2.08. The third-order valence-electron chi connectivity index (χ3n) is 3.59. The Kier molecular flexibility index (Phi) is 2.62. The van der Waals surface area contributed by atoms with E-state index in [0.29, 0.717) is 11.4 Å². The van der Waals surface area contributed by atoms with Crippen LogP contribution in [0.25, 0.3) is 28.0 Å². The second-order valence-electron chi connectivity index (χ2n) is 4.93. The van der Waals surface area contributed by atoms with E-state index >= 15 is 0 Å². The lowest BCUT2D eigenvalue weighted by atomic mass is 10.1. The van der Waals surface area contributed by atoms with Crippen LogP contribution in [0, 0.1) is 0 Å². The molecule has 0 spiro atoms. The fourth-order valence-corrected chi connectivity index (χ4v) is 2.59. The Labute approximate surface area is 124 Å². The van der Waals surface area contributed by atoms with Gasteiger partial charge >= 0.3 is 5.69 Å². The number of aromatic amines is 2. The first-order valence-corrected chi connectivity index (χ1v) is 6.77.